The van der Waals surface area contributed by atoms with E-state index in [4.69, 9.17) is 0 Å². The number of carbonyl (C=O) groups excluding carboxylic acids is 1. The summed E-state index contributed by atoms with van der Waals surface area (Å²) in [6.45, 7) is 2.87. The summed E-state index contributed by atoms with van der Waals surface area (Å²) in [4.78, 5) is 25.2. The fourth-order valence-corrected chi connectivity index (χ4v) is 2.82. The molecule has 7 heteroatoms. The Morgan fingerprint density at radius 1 is 1.29 bits per heavy atom. The van der Waals surface area contributed by atoms with Crippen LogP contribution in [0.5, 0.6) is 0 Å². The van der Waals surface area contributed by atoms with E-state index in [2.05, 4.69) is 27.2 Å². The van der Waals surface area contributed by atoms with Gasteiger partial charge in [0.25, 0.3) is 5.91 Å². The molecule has 0 saturated carbocycles. The third-order valence-electron chi connectivity index (χ3n) is 3.95. The van der Waals surface area contributed by atoms with Crippen LogP contribution in [0.15, 0.2) is 53.8 Å². The van der Waals surface area contributed by atoms with Crippen molar-refractivity contribution >= 4 is 35.0 Å². The monoisotopic (exact) mass is 341 g/mol. The summed E-state index contributed by atoms with van der Waals surface area (Å²) in [6, 6.07) is 11.5. The zero-order valence-corrected chi connectivity index (χ0v) is 13.8. The van der Waals surface area contributed by atoms with Crippen LogP contribution in [0.25, 0.3) is 10.9 Å². The topological polar surface area (TPSA) is 72.2 Å². The van der Waals surface area contributed by atoms with E-state index in [-0.39, 0.29) is 24.4 Å². The fraction of sp³-hybridized carbons (Fsp3) is 0.176. The summed E-state index contributed by atoms with van der Waals surface area (Å²) >= 11 is 0. The number of para-hydroxylation sites is 1. The maximum absolute atomic E-state index is 12.4. The predicted octanol–water partition coefficient (Wildman–Crippen LogP) is 2.58. The normalized spacial score (nSPS) is 16.4. The molecule has 0 fully saturated rings. The first-order valence-electron chi connectivity index (χ1n) is 7.48. The smallest absolute Gasteiger partial charge is 0.281 e. The number of anilines is 1. The molecular formula is C17H16ClN5O. The number of rotatable bonds is 1. The highest BCUT2D eigenvalue weighted by molar-refractivity contribution is 5.95. The molecule has 0 spiro atoms. The van der Waals surface area contributed by atoms with Crippen molar-refractivity contribution in [3.63, 3.8) is 0 Å². The van der Waals surface area contributed by atoms with Crippen molar-refractivity contribution < 1.29 is 4.79 Å². The summed E-state index contributed by atoms with van der Waals surface area (Å²) in [5, 5.41) is 4.42. The van der Waals surface area contributed by atoms with Crippen molar-refractivity contribution in [2.24, 2.45) is 4.99 Å². The predicted molar refractivity (Wildman–Crippen MR) is 94.3 cm³/mol. The zero-order valence-electron chi connectivity index (χ0n) is 13.0. The second-order valence-corrected chi connectivity index (χ2v) is 5.54. The van der Waals surface area contributed by atoms with Gasteiger partial charge in [0.2, 0.25) is 5.62 Å². The van der Waals surface area contributed by atoms with Gasteiger partial charge in [-0.15, -0.1) is 12.4 Å². The van der Waals surface area contributed by atoms with Crippen molar-refractivity contribution in [3.8, 4) is 0 Å². The lowest BCUT2D eigenvalue weighted by Crippen LogP contribution is -2.26. The van der Waals surface area contributed by atoms with Crippen LogP contribution in [0.1, 0.15) is 23.3 Å². The summed E-state index contributed by atoms with van der Waals surface area (Å²) in [5.74, 6) is 0.621. The summed E-state index contributed by atoms with van der Waals surface area (Å²) in [7, 11) is 0. The molecule has 1 aliphatic rings. The van der Waals surface area contributed by atoms with E-state index >= 15 is 0 Å². The quantitative estimate of drug-likeness (QED) is 0.738. The molecule has 6 nitrogen and oxygen atoms in total. The number of hydrogen-bond donors (Lipinski definition) is 1. The van der Waals surface area contributed by atoms with Crippen molar-refractivity contribution in [1.82, 2.24) is 14.5 Å². The first-order valence-corrected chi connectivity index (χ1v) is 7.48. The highest BCUT2D eigenvalue weighted by atomic mass is 35.5. The van der Waals surface area contributed by atoms with E-state index in [1.165, 1.54) is 6.20 Å². The summed E-state index contributed by atoms with van der Waals surface area (Å²) < 4.78 is 1.98. The van der Waals surface area contributed by atoms with E-state index in [0.29, 0.717) is 11.2 Å². The van der Waals surface area contributed by atoms with Crippen LogP contribution in [0.4, 0.5) is 5.82 Å². The van der Waals surface area contributed by atoms with Crippen molar-refractivity contribution in [2.45, 2.75) is 13.0 Å². The molecule has 4 rings (SSSR count). The number of halogens is 1. The Balaban J connectivity index is 0.00000169. The molecule has 1 amide bonds. The van der Waals surface area contributed by atoms with Crippen LogP contribution in [0.3, 0.4) is 0 Å². The Bertz CT molecular complexity index is 968. The van der Waals surface area contributed by atoms with Gasteiger partial charge in [-0.05, 0) is 31.2 Å². The van der Waals surface area contributed by atoms with Gasteiger partial charge in [0.1, 0.15) is 5.82 Å². The molecule has 0 saturated heterocycles. The molecule has 24 heavy (non-hydrogen) atoms. The Labute approximate surface area is 144 Å². The minimum atomic E-state index is -0.338. The maximum Gasteiger partial charge on any atom is 0.281 e. The van der Waals surface area contributed by atoms with Crippen molar-refractivity contribution in [3.05, 3.63) is 60.0 Å². The number of pyridine rings is 1. The maximum atomic E-state index is 12.4. The van der Waals surface area contributed by atoms with E-state index in [0.717, 1.165) is 23.3 Å². The number of aromatic nitrogens is 3. The minimum Gasteiger partial charge on any atom is -0.369 e. The van der Waals surface area contributed by atoms with Gasteiger partial charge in [0.05, 0.1) is 17.1 Å². The lowest BCUT2D eigenvalue weighted by molar-refractivity contribution is 0.0996. The van der Waals surface area contributed by atoms with Crippen LogP contribution < -0.4 is 10.9 Å². The molecule has 1 aliphatic heterocycles. The Morgan fingerprint density at radius 2 is 2.12 bits per heavy atom. The molecule has 2 aromatic heterocycles. The van der Waals surface area contributed by atoms with Crippen LogP contribution in [0.2, 0.25) is 0 Å². The van der Waals surface area contributed by atoms with Gasteiger partial charge in [-0.2, -0.15) is 4.99 Å². The molecule has 3 aromatic rings. The third kappa shape index (κ3) is 2.65. The average Bonchev–Trinajstić information content (AvgIpc) is 2.98. The number of nitrogens with one attached hydrogen (secondary N) is 1. The molecule has 0 unspecified atom stereocenters. The fourth-order valence-electron chi connectivity index (χ4n) is 2.82. The molecule has 0 radical (unpaired) electrons. The lowest BCUT2D eigenvalue weighted by Gasteiger charge is -2.10. The average molecular weight is 342 g/mol. The number of fused-ring (bicyclic) bond motifs is 3. The van der Waals surface area contributed by atoms with E-state index < -0.39 is 0 Å². The Hall–Kier alpha value is -2.73. The van der Waals surface area contributed by atoms with Crippen LogP contribution in [-0.4, -0.2) is 27.0 Å². The molecule has 0 aliphatic carbocycles. The first kappa shape index (κ1) is 16.1. The number of benzene rings is 1. The molecule has 3 heterocycles. The second-order valence-electron chi connectivity index (χ2n) is 5.54. The van der Waals surface area contributed by atoms with Gasteiger partial charge < -0.3 is 5.32 Å². The SMILES string of the molecule is C[C@@H]1CNc2c3ccccc3nc(=NC(=O)c3cccnc3)n21.Cl. The number of carbonyl (C=O) groups is 1. The van der Waals surface area contributed by atoms with Gasteiger partial charge in [-0.1, -0.05) is 12.1 Å². The summed E-state index contributed by atoms with van der Waals surface area (Å²) in [5.41, 5.74) is 1.69. The highest BCUT2D eigenvalue weighted by Crippen LogP contribution is 2.27. The molecule has 1 aromatic carbocycles. The van der Waals surface area contributed by atoms with Crippen LogP contribution >= 0.6 is 12.4 Å². The Morgan fingerprint density at radius 3 is 2.92 bits per heavy atom. The van der Waals surface area contributed by atoms with Gasteiger partial charge in [-0.25, -0.2) is 4.98 Å². The van der Waals surface area contributed by atoms with Crippen molar-refractivity contribution in [1.29, 1.82) is 0 Å². The number of hydrogen-bond acceptors (Lipinski definition) is 4. The van der Waals surface area contributed by atoms with Gasteiger partial charge in [-0.3, -0.25) is 14.3 Å². The van der Waals surface area contributed by atoms with Gasteiger partial charge in [0.15, 0.2) is 0 Å². The Kier molecular flexibility index (Phi) is 4.31. The zero-order chi connectivity index (χ0) is 15.8. The molecule has 1 atom stereocenters. The van der Waals surface area contributed by atoms with E-state index in [9.17, 15) is 4.79 Å². The van der Waals surface area contributed by atoms with Crippen LogP contribution in [0, 0.1) is 0 Å². The minimum absolute atomic E-state index is 0. The van der Waals surface area contributed by atoms with Gasteiger partial charge in [0, 0.05) is 24.3 Å². The standard InChI is InChI=1S/C17H15N5O.ClH/c1-11-9-19-15-13-6-2-3-7-14(13)20-17(22(11)15)21-16(23)12-5-4-8-18-10-12;/h2-8,10-11,19H,9H2,1H3;1H/t11-;/m1./s1. The molecule has 1 N–H and O–H groups in total. The second kappa shape index (κ2) is 6.41. The molecular weight excluding hydrogens is 326 g/mol. The van der Waals surface area contributed by atoms with Crippen molar-refractivity contribution in [2.75, 3.05) is 11.9 Å². The third-order valence-corrected chi connectivity index (χ3v) is 3.95. The molecule has 0 bridgehead atoms. The lowest BCUT2D eigenvalue weighted by atomic mass is 10.2. The largest absolute Gasteiger partial charge is 0.369 e. The van der Waals surface area contributed by atoms with Crippen LogP contribution in [-0.2, 0) is 0 Å². The van der Waals surface area contributed by atoms with E-state index in [1.54, 1.807) is 18.3 Å². The van der Waals surface area contributed by atoms with E-state index in [1.807, 2.05) is 28.8 Å². The van der Waals surface area contributed by atoms with Gasteiger partial charge >= 0.3 is 0 Å². The number of amides is 1. The first-order chi connectivity index (χ1) is 11.2. The number of nitrogens with zero attached hydrogens (tertiary/aromatic N) is 4. The highest BCUT2D eigenvalue weighted by Gasteiger charge is 2.21. The summed E-state index contributed by atoms with van der Waals surface area (Å²) in [6.07, 6.45) is 3.14. The molecule has 122 valence electrons.